The number of benzene rings is 1. The number of rotatable bonds is 2. The predicted molar refractivity (Wildman–Crippen MR) is 90.0 cm³/mol. The maximum atomic E-state index is 13.0. The molecule has 2 aromatic heterocycles. The molecule has 0 N–H and O–H groups in total. The van der Waals surface area contributed by atoms with Gasteiger partial charge in [0.2, 0.25) is 0 Å². The van der Waals surface area contributed by atoms with E-state index in [1.807, 2.05) is 17.4 Å². The minimum absolute atomic E-state index is 0.0725. The van der Waals surface area contributed by atoms with Gasteiger partial charge in [-0.25, -0.2) is 4.39 Å². The first kappa shape index (κ1) is 15.5. The van der Waals surface area contributed by atoms with Crippen LogP contribution >= 0.6 is 0 Å². The quantitative estimate of drug-likeness (QED) is 0.708. The summed E-state index contributed by atoms with van der Waals surface area (Å²) in [6.07, 6.45) is 1.64. The molecular weight excluding hydrogens is 323 g/mol. The largest absolute Gasteiger partial charge is 0.353 e. The smallest absolute Gasteiger partial charge is 0.256 e. The van der Waals surface area contributed by atoms with Crippen molar-refractivity contribution in [3.63, 3.8) is 0 Å². The van der Waals surface area contributed by atoms with E-state index in [-0.39, 0.29) is 11.7 Å². The van der Waals surface area contributed by atoms with Crippen LogP contribution < -0.4 is 4.90 Å². The topological polar surface area (TPSA) is 66.6 Å². The van der Waals surface area contributed by atoms with Crippen molar-refractivity contribution in [3.8, 4) is 0 Å². The molecule has 0 radical (unpaired) electrons. The second kappa shape index (κ2) is 6.12. The number of carbonyl (C=O) groups is 1. The number of anilines is 1. The van der Waals surface area contributed by atoms with Crippen LogP contribution in [0.5, 0.6) is 0 Å². The number of piperazine rings is 1. The van der Waals surface area contributed by atoms with Crippen molar-refractivity contribution in [2.24, 2.45) is 0 Å². The first-order valence-corrected chi connectivity index (χ1v) is 8.09. The molecule has 7 nitrogen and oxygen atoms in total. The van der Waals surface area contributed by atoms with E-state index in [2.05, 4.69) is 20.1 Å². The lowest BCUT2D eigenvalue weighted by molar-refractivity contribution is 0.0746. The normalized spacial score (nSPS) is 15.0. The van der Waals surface area contributed by atoms with Crippen LogP contribution in [0.4, 0.5) is 10.2 Å². The number of halogens is 1. The van der Waals surface area contributed by atoms with Crippen LogP contribution in [0.25, 0.3) is 5.78 Å². The highest BCUT2D eigenvalue weighted by Gasteiger charge is 2.23. The molecule has 4 rings (SSSR count). The lowest BCUT2D eigenvalue weighted by atomic mass is 10.2. The van der Waals surface area contributed by atoms with Gasteiger partial charge in [-0.15, -0.1) is 10.2 Å². The van der Waals surface area contributed by atoms with E-state index in [9.17, 15) is 9.18 Å². The van der Waals surface area contributed by atoms with E-state index in [1.165, 1.54) is 24.3 Å². The van der Waals surface area contributed by atoms with Crippen molar-refractivity contribution < 1.29 is 9.18 Å². The van der Waals surface area contributed by atoms with Crippen LogP contribution in [0.2, 0.25) is 0 Å². The monoisotopic (exact) mass is 340 g/mol. The van der Waals surface area contributed by atoms with Crippen molar-refractivity contribution in [2.75, 3.05) is 31.1 Å². The molecule has 8 heteroatoms. The van der Waals surface area contributed by atoms with Crippen LogP contribution in [0.3, 0.4) is 0 Å². The maximum absolute atomic E-state index is 13.0. The Kier molecular flexibility index (Phi) is 3.79. The molecular formula is C17H17FN6O. The molecule has 1 aromatic carbocycles. The number of fused-ring (bicyclic) bond motifs is 1. The van der Waals surface area contributed by atoms with Gasteiger partial charge in [-0.2, -0.15) is 4.98 Å². The molecule has 1 fully saturated rings. The Bertz CT molecular complexity index is 915. The maximum Gasteiger partial charge on any atom is 0.256 e. The van der Waals surface area contributed by atoms with Gasteiger partial charge in [-0.3, -0.25) is 9.20 Å². The second-order valence-corrected chi connectivity index (χ2v) is 6.04. The number of hydrogen-bond acceptors (Lipinski definition) is 5. The molecule has 128 valence electrons. The zero-order valence-electron chi connectivity index (χ0n) is 13.8. The van der Waals surface area contributed by atoms with E-state index in [0.717, 1.165) is 11.5 Å². The fourth-order valence-electron chi connectivity index (χ4n) is 3.02. The Balaban J connectivity index is 1.47. The van der Waals surface area contributed by atoms with Gasteiger partial charge in [-0.05, 0) is 31.2 Å². The lowest BCUT2D eigenvalue weighted by Crippen LogP contribution is -2.49. The van der Waals surface area contributed by atoms with E-state index in [4.69, 9.17) is 0 Å². The molecule has 1 amide bonds. The van der Waals surface area contributed by atoms with Gasteiger partial charge in [0.25, 0.3) is 11.7 Å². The Morgan fingerprint density at radius 3 is 2.56 bits per heavy atom. The van der Waals surface area contributed by atoms with Gasteiger partial charge in [0, 0.05) is 43.5 Å². The van der Waals surface area contributed by atoms with Crippen LogP contribution in [0.15, 0.2) is 36.7 Å². The molecule has 1 aliphatic heterocycles. The Morgan fingerprint density at radius 1 is 1.12 bits per heavy atom. The zero-order valence-corrected chi connectivity index (χ0v) is 13.8. The van der Waals surface area contributed by atoms with Crippen molar-refractivity contribution >= 4 is 17.5 Å². The first-order chi connectivity index (χ1) is 12.1. The Morgan fingerprint density at radius 2 is 1.84 bits per heavy atom. The van der Waals surface area contributed by atoms with Crippen LogP contribution in [0, 0.1) is 12.7 Å². The standard InChI is InChI=1S/C17H17FN6O/c1-12-10-15(20-17-21-19-11-24(12)17)22-6-8-23(9-7-22)16(25)13-2-4-14(18)5-3-13/h2-5,10-11H,6-9H2,1H3. The van der Waals surface area contributed by atoms with E-state index >= 15 is 0 Å². The third-order valence-corrected chi connectivity index (χ3v) is 4.44. The summed E-state index contributed by atoms with van der Waals surface area (Å²) in [6, 6.07) is 7.66. The highest BCUT2D eigenvalue weighted by atomic mass is 19.1. The SMILES string of the molecule is Cc1cc(N2CCN(C(=O)c3ccc(F)cc3)CC2)nc2nncn12. The first-order valence-electron chi connectivity index (χ1n) is 8.09. The molecule has 0 saturated carbocycles. The molecule has 0 spiro atoms. The van der Waals surface area contributed by atoms with Crippen LogP contribution in [0.1, 0.15) is 16.1 Å². The van der Waals surface area contributed by atoms with Gasteiger partial charge in [-0.1, -0.05) is 0 Å². The molecule has 0 atom stereocenters. The van der Waals surface area contributed by atoms with Gasteiger partial charge >= 0.3 is 0 Å². The highest BCUT2D eigenvalue weighted by molar-refractivity contribution is 5.94. The summed E-state index contributed by atoms with van der Waals surface area (Å²) < 4.78 is 14.8. The number of hydrogen-bond donors (Lipinski definition) is 0. The van der Waals surface area contributed by atoms with E-state index < -0.39 is 0 Å². The van der Waals surface area contributed by atoms with Gasteiger partial charge in [0.05, 0.1) is 0 Å². The lowest BCUT2D eigenvalue weighted by Gasteiger charge is -2.35. The summed E-state index contributed by atoms with van der Waals surface area (Å²) in [5.41, 5.74) is 1.52. The van der Waals surface area contributed by atoms with Crippen molar-refractivity contribution in [1.82, 2.24) is 24.5 Å². The molecule has 3 aromatic rings. The minimum Gasteiger partial charge on any atom is -0.353 e. The molecule has 1 saturated heterocycles. The van der Waals surface area contributed by atoms with Crippen LogP contribution in [-0.4, -0.2) is 56.6 Å². The summed E-state index contributed by atoms with van der Waals surface area (Å²) in [7, 11) is 0. The summed E-state index contributed by atoms with van der Waals surface area (Å²) >= 11 is 0. The van der Waals surface area contributed by atoms with E-state index in [0.29, 0.717) is 37.5 Å². The number of carbonyl (C=O) groups excluding carboxylic acids is 1. The Labute approximate surface area is 143 Å². The summed E-state index contributed by atoms with van der Waals surface area (Å²) in [5, 5.41) is 7.88. The van der Waals surface area contributed by atoms with Gasteiger partial charge in [0.15, 0.2) is 0 Å². The Hall–Kier alpha value is -3.03. The molecule has 3 heterocycles. The van der Waals surface area contributed by atoms with Crippen LogP contribution in [-0.2, 0) is 0 Å². The fourth-order valence-corrected chi connectivity index (χ4v) is 3.02. The number of aryl methyl sites for hydroxylation is 1. The van der Waals surface area contributed by atoms with Crippen molar-refractivity contribution in [2.45, 2.75) is 6.92 Å². The van der Waals surface area contributed by atoms with Crippen molar-refractivity contribution in [1.29, 1.82) is 0 Å². The third-order valence-electron chi connectivity index (χ3n) is 4.44. The summed E-state index contributed by atoms with van der Waals surface area (Å²) in [6.45, 7) is 4.53. The summed E-state index contributed by atoms with van der Waals surface area (Å²) in [4.78, 5) is 20.9. The molecule has 25 heavy (non-hydrogen) atoms. The summed E-state index contributed by atoms with van der Waals surface area (Å²) in [5.74, 6) is 0.995. The number of nitrogens with zero attached hydrogens (tertiary/aromatic N) is 6. The van der Waals surface area contributed by atoms with Crippen molar-refractivity contribution in [3.05, 3.63) is 53.7 Å². The zero-order chi connectivity index (χ0) is 17.4. The number of amides is 1. The second-order valence-electron chi connectivity index (χ2n) is 6.04. The fraction of sp³-hybridized carbons (Fsp3) is 0.294. The molecule has 0 bridgehead atoms. The van der Waals surface area contributed by atoms with E-state index in [1.54, 1.807) is 11.2 Å². The van der Waals surface area contributed by atoms with Gasteiger partial charge < -0.3 is 9.80 Å². The molecule has 1 aliphatic rings. The molecule has 0 aliphatic carbocycles. The van der Waals surface area contributed by atoms with Gasteiger partial charge in [0.1, 0.15) is 18.0 Å². The highest BCUT2D eigenvalue weighted by Crippen LogP contribution is 2.18. The molecule has 0 unspecified atom stereocenters. The predicted octanol–water partition coefficient (Wildman–Crippen LogP) is 1.53. The number of aromatic nitrogens is 4. The average Bonchev–Trinajstić information content (AvgIpc) is 3.11. The average molecular weight is 340 g/mol. The third kappa shape index (κ3) is 2.90. The minimum atomic E-state index is -0.341.